The molecule has 14 nitrogen and oxygen atoms in total. The van der Waals surface area contributed by atoms with Crippen molar-refractivity contribution in [2.75, 3.05) is 132 Å². The Bertz CT molecular complexity index is 798. The highest BCUT2D eigenvalue weighted by atomic mass is 16.6. The van der Waals surface area contributed by atoms with Crippen molar-refractivity contribution >= 4 is 11.9 Å². The molecule has 0 radical (unpaired) electrons. The maximum atomic E-state index is 11.5. The molecule has 0 aromatic heterocycles. The number of carboxylic acids is 1. The van der Waals surface area contributed by atoms with Crippen LogP contribution in [0.2, 0.25) is 0 Å². The summed E-state index contributed by atoms with van der Waals surface area (Å²) in [5, 5.41) is 8.54. The van der Waals surface area contributed by atoms with Crippen LogP contribution in [0.5, 0.6) is 5.75 Å². The van der Waals surface area contributed by atoms with E-state index < -0.39 is 5.97 Å². The predicted octanol–water partition coefficient (Wildman–Crippen LogP) is 2.40. The standard InChI is InChI=1S/C32H54O14/c33-31(34)8-4-5-9-32(35)46-29-27-44-25-23-42-21-19-40-17-15-38-13-11-36-10-12-37-14-16-39-18-20-41-22-24-43-26-28-45-30-6-2-1-3-7-30/h1-3,6-7H,4-5,8-29H2,(H,33,34). The van der Waals surface area contributed by atoms with Crippen LogP contribution in [0, 0.1) is 0 Å². The molecule has 0 heterocycles. The Labute approximate surface area is 272 Å². The molecule has 1 rings (SSSR count). The lowest BCUT2D eigenvalue weighted by molar-refractivity contribution is -0.146. The van der Waals surface area contributed by atoms with Crippen molar-refractivity contribution in [1.29, 1.82) is 0 Å². The predicted molar refractivity (Wildman–Crippen MR) is 166 cm³/mol. The first-order valence-corrected chi connectivity index (χ1v) is 15.9. The quantitative estimate of drug-likeness (QED) is 0.0826. The molecule has 14 heteroatoms. The van der Waals surface area contributed by atoms with E-state index in [1.165, 1.54) is 0 Å². The molecule has 0 amide bonds. The number of aliphatic carboxylic acids is 1. The van der Waals surface area contributed by atoms with Crippen LogP contribution in [0.4, 0.5) is 0 Å². The van der Waals surface area contributed by atoms with Crippen LogP contribution in [-0.2, 0) is 57.0 Å². The van der Waals surface area contributed by atoms with Crippen molar-refractivity contribution in [2.45, 2.75) is 25.7 Å². The monoisotopic (exact) mass is 662 g/mol. The molecule has 266 valence electrons. The Morgan fingerprint density at radius 1 is 0.435 bits per heavy atom. The fourth-order valence-electron chi connectivity index (χ4n) is 3.43. The first-order valence-electron chi connectivity index (χ1n) is 15.9. The summed E-state index contributed by atoms with van der Waals surface area (Å²) in [7, 11) is 0. The molecule has 0 saturated heterocycles. The smallest absolute Gasteiger partial charge is 0.305 e. The molecule has 0 unspecified atom stereocenters. The summed E-state index contributed by atoms with van der Waals surface area (Å²) in [5.41, 5.74) is 0. The summed E-state index contributed by atoms with van der Waals surface area (Å²) in [6, 6.07) is 9.64. The van der Waals surface area contributed by atoms with Gasteiger partial charge in [0.25, 0.3) is 0 Å². The van der Waals surface area contributed by atoms with Gasteiger partial charge in [0.2, 0.25) is 0 Å². The highest BCUT2D eigenvalue weighted by Crippen LogP contribution is 2.07. The van der Waals surface area contributed by atoms with E-state index in [9.17, 15) is 9.59 Å². The van der Waals surface area contributed by atoms with Crippen LogP contribution in [0.15, 0.2) is 30.3 Å². The number of unbranched alkanes of at least 4 members (excludes halogenated alkanes) is 1. The number of carbonyl (C=O) groups excluding carboxylic acids is 1. The Kier molecular flexibility index (Phi) is 30.7. The van der Waals surface area contributed by atoms with Crippen LogP contribution in [-0.4, -0.2) is 149 Å². The summed E-state index contributed by atoms with van der Waals surface area (Å²) >= 11 is 0. The Hall–Kier alpha value is -2.40. The molecule has 0 aliphatic heterocycles. The first kappa shape index (κ1) is 41.6. The second kappa shape index (κ2) is 33.9. The van der Waals surface area contributed by atoms with Gasteiger partial charge in [0, 0.05) is 12.8 Å². The molecular formula is C32H54O14. The third kappa shape index (κ3) is 31.6. The minimum atomic E-state index is -0.863. The van der Waals surface area contributed by atoms with Crippen molar-refractivity contribution in [3.63, 3.8) is 0 Å². The second-order valence-electron chi connectivity index (χ2n) is 9.49. The average molecular weight is 663 g/mol. The zero-order valence-corrected chi connectivity index (χ0v) is 27.1. The molecule has 1 aromatic rings. The maximum Gasteiger partial charge on any atom is 0.305 e. The van der Waals surface area contributed by atoms with E-state index in [-0.39, 0.29) is 32.0 Å². The number of para-hydroxylation sites is 1. The third-order valence-corrected chi connectivity index (χ3v) is 5.73. The van der Waals surface area contributed by atoms with Gasteiger partial charge in [-0.1, -0.05) is 18.2 Å². The highest BCUT2D eigenvalue weighted by Gasteiger charge is 2.04. The lowest BCUT2D eigenvalue weighted by Gasteiger charge is -2.09. The number of benzene rings is 1. The molecule has 0 aliphatic carbocycles. The molecule has 1 N–H and O–H groups in total. The zero-order chi connectivity index (χ0) is 33.0. The number of carboxylic acid groups (broad SMARTS) is 1. The molecule has 1 aromatic carbocycles. The average Bonchev–Trinajstić information content (AvgIpc) is 3.06. The van der Waals surface area contributed by atoms with E-state index in [1.54, 1.807) is 0 Å². The fourth-order valence-corrected chi connectivity index (χ4v) is 3.43. The van der Waals surface area contributed by atoms with Crippen molar-refractivity contribution in [3.8, 4) is 5.75 Å². The summed E-state index contributed by atoms with van der Waals surface area (Å²) in [6.45, 7) is 9.08. The SMILES string of the molecule is O=C(O)CCCCC(=O)OCCOCCOCCOCCOCCOCCOCCOCCOCCOCCOc1ccccc1. The number of hydrogen-bond donors (Lipinski definition) is 1. The van der Waals surface area contributed by atoms with Crippen LogP contribution < -0.4 is 4.74 Å². The van der Waals surface area contributed by atoms with E-state index in [1.807, 2.05) is 30.3 Å². The topological polar surface area (TPSA) is 156 Å². The van der Waals surface area contributed by atoms with Gasteiger partial charge in [-0.05, 0) is 25.0 Å². The third-order valence-electron chi connectivity index (χ3n) is 5.73. The van der Waals surface area contributed by atoms with Gasteiger partial charge in [-0.3, -0.25) is 9.59 Å². The number of rotatable bonds is 36. The van der Waals surface area contributed by atoms with Gasteiger partial charge >= 0.3 is 11.9 Å². The normalized spacial score (nSPS) is 11.1. The summed E-state index contributed by atoms with van der Waals surface area (Å²) < 4.78 is 59.5. The van der Waals surface area contributed by atoms with E-state index >= 15 is 0 Å². The molecule has 0 spiro atoms. The van der Waals surface area contributed by atoms with E-state index in [0.717, 1.165) is 5.75 Å². The van der Waals surface area contributed by atoms with Gasteiger partial charge in [-0.2, -0.15) is 0 Å². The molecule has 0 aliphatic rings. The first-order chi connectivity index (χ1) is 22.7. The largest absolute Gasteiger partial charge is 0.491 e. The van der Waals surface area contributed by atoms with Gasteiger partial charge < -0.3 is 57.2 Å². The fraction of sp³-hybridized carbons (Fsp3) is 0.750. The lowest BCUT2D eigenvalue weighted by Crippen LogP contribution is -2.15. The second-order valence-corrected chi connectivity index (χ2v) is 9.49. The van der Waals surface area contributed by atoms with Gasteiger partial charge in [-0.25, -0.2) is 0 Å². The van der Waals surface area contributed by atoms with E-state index in [2.05, 4.69) is 0 Å². The zero-order valence-electron chi connectivity index (χ0n) is 27.1. The van der Waals surface area contributed by atoms with Gasteiger partial charge in [0.15, 0.2) is 0 Å². The minimum Gasteiger partial charge on any atom is -0.491 e. The number of hydrogen-bond acceptors (Lipinski definition) is 13. The van der Waals surface area contributed by atoms with Crippen LogP contribution in [0.25, 0.3) is 0 Å². The number of ether oxygens (including phenoxy) is 11. The summed E-state index contributed by atoms with van der Waals surface area (Å²) in [4.78, 5) is 21.9. The van der Waals surface area contributed by atoms with Crippen molar-refractivity contribution in [1.82, 2.24) is 0 Å². The Morgan fingerprint density at radius 3 is 1.13 bits per heavy atom. The molecule has 0 saturated carbocycles. The molecule has 0 atom stereocenters. The van der Waals surface area contributed by atoms with Crippen molar-refractivity contribution in [3.05, 3.63) is 30.3 Å². The van der Waals surface area contributed by atoms with Gasteiger partial charge in [0.05, 0.1) is 119 Å². The lowest BCUT2D eigenvalue weighted by atomic mass is 10.2. The number of esters is 1. The van der Waals surface area contributed by atoms with Gasteiger partial charge in [-0.15, -0.1) is 0 Å². The van der Waals surface area contributed by atoms with Crippen LogP contribution in [0.3, 0.4) is 0 Å². The Morgan fingerprint density at radius 2 is 0.761 bits per heavy atom. The highest BCUT2D eigenvalue weighted by molar-refractivity contribution is 5.69. The minimum absolute atomic E-state index is 0.0604. The van der Waals surface area contributed by atoms with Crippen molar-refractivity contribution < 1.29 is 66.8 Å². The summed E-state index contributed by atoms with van der Waals surface area (Å²) in [6.07, 6.45) is 1.24. The van der Waals surface area contributed by atoms with Crippen molar-refractivity contribution in [2.24, 2.45) is 0 Å². The maximum absolute atomic E-state index is 11.5. The summed E-state index contributed by atoms with van der Waals surface area (Å²) in [5.74, 6) is -0.373. The molecular weight excluding hydrogens is 608 g/mol. The van der Waals surface area contributed by atoms with E-state index in [4.69, 9.17) is 57.2 Å². The van der Waals surface area contributed by atoms with Gasteiger partial charge in [0.1, 0.15) is 19.0 Å². The van der Waals surface area contributed by atoms with Crippen LogP contribution >= 0.6 is 0 Å². The van der Waals surface area contributed by atoms with E-state index in [0.29, 0.717) is 132 Å². The number of carbonyl (C=O) groups is 2. The van der Waals surface area contributed by atoms with Crippen LogP contribution in [0.1, 0.15) is 25.7 Å². The molecule has 0 fully saturated rings. The molecule has 0 bridgehead atoms. The Balaban J connectivity index is 1.64. The molecule has 46 heavy (non-hydrogen) atoms.